The summed E-state index contributed by atoms with van der Waals surface area (Å²) in [5, 5.41) is 0.790. The summed E-state index contributed by atoms with van der Waals surface area (Å²) in [5.41, 5.74) is 5.53. The molecule has 5 nitrogen and oxygen atoms in total. The summed E-state index contributed by atoms with van der Waals surface area (Å²) in [4.78, 5) is 13.3. The number of methoxy groups -OCH3 is 2. The smallest absolute Gasteiger partial charge is 0.126 e. The van der Waals surface area contributed by atoms with Crippen molar-refractivity contribution in [1.82, 2.24) is 15.0 Å². The molecule has 3 aromatic carbocycles. The fourth-order valence-corrected chi connectivity index (χ4v) is 4.09. The molecule has 0 radical (unpaired) electrons. The first-order chi connectivity index (χ1) is 16.2. The highest BCUT2D eigenvalue weighted by Gasteiger charge is 2.21. The molecule has 0 aliphatic rings. The molecule has 0 aliphatic heterocycles. The maximum Gasteiger partial charge on any atom is 0.126 e. The van der Waals surface area contributed by atoms with E-state index < -0.39 is 0 Å². The Kier molecular flexibility index (Phi) is 5.75. The molecule has 0 aliphatic carbocycles. The summed E-state index contributed by atoms with van der Waals surface area (Å²) >= 11 is 4.89. The molecular formula is C27H23N3O2S. The van der Waals surface area contributed by atoms with Gasteiger partial charge in [0.25, 0.3) is 0 Å². The quantitative estimate of drug-likeness (QED) is 0.295. The Balaban J connectivity index is 1.60. The highest BCUT2D eigenvalue weighted by Crippen LogP contribution is 2.36. The number of rotatable bonds is 6. The van der Waals surface area contributed by atoms with Crippen LogP contribution in [0.2, 0.25) is 0 Å². The number of nitrogens with zero attached hydrogens (tertiary/aromatic N) is 2. The van der Waals surface area contributed by atoms with E-state index in [1.807, 2.05) is 72.8 Å². The predicted octanol–water partition coefficient (Wildman–Crippen LogP) is 6.33. The van der Waals surface area contributed by atoms with Crippen LogP contribution in [0, 0.1) is 0 Å². The number of aromatic amines is 1. The first-order valence-corrected chi connectivity index (χ1v) is 11.1. The molecule has 5 rings (SSSR count). The van der Waals surface area contributed by atoms with Gasteiger partial charge in [-0.2, -0.15) is 12.6 Å². The van der Waals surface area contributed by atoms with Gasteiger partial charge in [0.2, 0.25) is 0 Å². The molecule has 1 N–H and O–H groups in total. The van der Waals surface area contributed by atoms with Crippen molar-refractivity contribution in [2.75, 3.05) is 14.2 Å². The maximum absolute atomic E-state index is 5.32. The Morgan fingerprint density at radius 2 is 1.36 bits per heavy atom. The summed E-state index contributed by atoms with van der Waals surface area (Å²) < 4.78 is 10.6. The zero-order chi connectivity index (χ0) is 22.8. The molecule has 0 spiro atoms. The van der Waals surface area contributed by atoms with Crippen LogP contribution in [0.3, 0.4) is 0 Å². The Bertz CT molecular complexity index is 1330. The molecule has 0 saturated heterocycles. The zero-order valence-electron chi connectivity index (χ0n) is 18.3. The minimum atomic E-state index is -0.307. The number of nitrogens with one attached hydrogen (secondary N) is 1. The molecule has 1 atom stereocenters. The van der Waals surface area contributed by atoms with E-state index in [0.29, 0.717) is 0 Å². The number of ether oxygens (including phenoxy) is 2. The van der Waals surface area contributed by atoms with Crippen molar-refractivity contribution in [3.05, 3.63) is 96.4 Å². The number of hydrogen-bond acceptors (Lipinski definition) is 5. The van der Waals surface area contributed by atoms with Crippen LogP contribution < -0.4 is 9.47 Å². The second-order valence-electron chi connectivity index (χ2n) is 7.63. The highest BCUT2D eigenvalue weighted by molar-refractivity contribution is 7.80. The van der Waals surface area contributed by atoms with Gasteiger partial charge in [0, 0.05) is 16.5 Å². The lowest BCUT2D eigenvalue weighted by molar-refractivity contribution is 0.414. The van der Waals surface area contributed by atoms with Gasteiger partial charge in [-0.05, 0) is 60.7 Å². The minimum Gasteiger partial charge on any atom is -0.497 e. The zero-order valence-corrected chi connectivity index (χ0v) is 19.2. The van der Waals surface area contributed by atoms with E-state index in [1.165, 1.54) is 0 Å². The van der Waals surface area contributed by atoms with Crippen LogP contribution in [0.4, 0.5) is 0 Å². The molecule has 164 valence electrons. The van der Waals surface area contributed by atoms with Crippen molar-refractivity contribution in [2.24, 2.45) is 0 Å². The van der Waals surface area contributed by atoms with Crippen LogP contribution in [0.5, 0.6) is 11.5 Å². The number of fused-ring (bicyclic) bond motifs is 1. The van der Waals surface area contributed by atoms with Crippen molar-refractivity contribution in [2.45, 2.75) is 5.25 Å². The highest BCUT2D eigenvalue weighted by atomic mass is 32.1. The van der Waals surface area contributed by atoms with E-state index in [1.54, 1.807) is 14.2 Å². The summed E-state index contributed by atoms with van der Waals surface area (Å²) in [7, 11) is 3.32. The predicted molar refractivity (Wildman–Crippen MR) is 135 cm³/mol. The number of H-pyrrole nitrogens is 1. The molecule has 0 bridgehead atoms. The first-order valence-electron chi connectivity index (χ1n) is 10.6. The average Bonchev–Trinajstić information content (AvgIpc) is 3.33. The SMILES string of the molecule is COc1ccc(-c2nc(C(S)c3ccc4ccccc4n3)[nH]c2-c2ccc(OC)cc2)cc1. The summed E-state index contributed by atoms with van der Waals surface area (Å²) in [6, 6.07) is 27.9. The molecule has 33 heavy (non-hydrogen) atoms. The average molecular weight is 454 g/mol. The van der Waals surface area contributed by atoms with E-state index in [0.717, 1.165) is 56.4 Å². The van der Waals surface area contributed by atoms with Crippen LogP contribution >= 0.6 is 12.6 Å². The fourth-order valence-electron chi connectivity index (χ4n) is 3.82. The van der Waals surface area contributed by atoms with Crippen molar-refractivity contribution >= 4 is 23.5 Å². The summed E-state index contributed by atoms with van der Waals surface area (Å²) in [5.74, 6) is 2.34. The number of aromatic nitrogens is 3. The third-order valence-corrected chi connectivity index (χ3v) is 6.13. The molecule has 5 aromatic rings. The first kappa shape index (κ1) is 21.1. The van der Waals surface area contributed by atoms with Gasteiger partial charge in [-0.15, -0.1) is 0 Å². The van der Waals surface area contributed by atoms with Crippen molar-refractivity contribution < 1.29 is 9.47 Å². The second kappa shape index (κ2) is 9.00. The number of hydrogen-bond donors (Lipinski definition) is 2. The number of pyridine rings is 1. The summed E-state index contributed by atoms with van der Waals surface area (Å²) in [6.07, 6.45) is 0. The van der Waals surface area contributed by atoms with Crippen LogP contribution in [0.25, 0.3) is 33.4 Å². The van der Waals surface area contributed by atoms with Gasteiger partial charge in [0.15, 0.2) is 0 Å². The van der Waals surface area contributed by atoms with Gasteiger partial charge < -0.3 is 14.5 Å². The fraction of sp³-hybridized carbons (Fsp3) is 0.111. The van der Waals surface area contributed by atoms with Gasteiger partial charge in [-0.1, -0.05) is 24.3 Å². The van der Waals surface area contributed by atoms with E-state index in [9.17, 15) is 0 Å². The molecule has 2 heterocycles. The number of thiol groups is 1. The van der Waals surface area contributed by atoms with Crippen molar-refractivity contribution in [3.8, 4) is 34.0 Å². The van der Waals surface area contributed by atoms with E-state index in [4.69, 9.17) is 32.1 Å². The lowest BCUT2D eigenvalue weighted by Crippen LogP contribution is -1.99. The third-order valence-electron chi connectivity index (χ3n) is 5.62. The van der Waals surface area contributed by atoms with Crippen LogP contribution in [-0.4, -0.2) is 29.2 Å². The molecule has 0 saturated carbocycles. The van der Waals surface area contributed by atoms with E-state index in [-0.39, 0.29) is 5.25 Å². The monoisotopic (exact) mass is 453 g/mol. The Morgan fingerprint density at radius 3 is 2.03 bits per heavy atom. The molecule has 2 aromatic heterocycles. The van der Waals surface area contributed by atoms with Gasteiger partial charge in [-0.3, -0.25) is 4.98 Å². The van der Waals surface area contributed by atoms with Gasteiger partial charge in [0.1, 0.15) is 22.6 Å². The van der Waals surface area contributed by atoms with Crippen LogP contribution in [0.1, 0.15) is 16.8 Å². The van der Waals surface area contributed by atoms with Gasteiger partial charge >= 0.3 is 0 Å². The number of imidazole rings is 1. The Labute approximate surface area is 197 Å². The van der Waals surface area contributed by atoms with Crippen LogP contribution in [-0.2, 0) is 0 Å². The Morgan fingerprint density at radius 1 is 0.727 bits per heavy atom. The summed E-state index contributed by atoms with van der Waals surface area (Å²) in [6.45, 7) is 0. The second-order valence-corrected chi connectivity index (χ2v) is 8.15. The lowest BCUT2D eigenvalue weighted by atomic mass is 10.0. The molecule has 0 fully saturated rings. The van der Waals surface area contributed by atoms with E-state index in [2.05, 4.69) is 17.1 Å². The third kappa shape index (κ3) is 4.17. The molecular weight excluding hydrogens is 430 g/mol. The number of benzene rings is 3. The van der Waals surface area contributed by atoms with Crippen LogP contribution in [0.15, 0.2) is 84.9 Å². The van der Waals surface area contributed by atoms with E-state index >= 15 is 0 Å². The Hall–Kier alpha value is -3.77. The lowest BCUT2D eigenvalue weighted by Gasteiger charge is -2.08. The van der Waals surface area contributed by atoms with Gasteiger partial charge in [-0.25, -0.2) is 4.98 Å². The van der Waals surface area contributed by atoms with Gasteiger partial charge in [0.05, 0.1) is 36.8 Å². The topological polar surface area (TPSA) is 60.0 Å². The maximum atomic E-state index is 5.32. The molecule has 1 unspecified atom stereocenters. The molecule has 6 heteroatoms. The largest absolute Gasteiger partial charge is 0.497 e. The van der Waals surface area contributed by atoms with Crippen molar-refractivity contribution in [1.29, 1.82) is 0 Å². The minimum absolute atomic E-state index is 0.307. The van der Waals surface area contributed by atoms with Crippen molar-refractivity contribution in [3.63, 3.8) is 0 Å². The normalized spacial score (nSPS) is 12.0. The number of para-hydroxylation sites is 1. The standard InChI is InChI=1S/C27H23N3O2S/c1-31-20-12-7-18(8-13-20)24-25(19-9-14-21(32-2)15-10-19)30-27(29-24)26(33)23-16-11-17-5-3-4-6-22(17)28-23/h3-16,26,33H,1-2H3,(H,29,30). The molecule has 0 amide bonds.